The van der Waals surface area contributed by atoms with Gasteiger partial charge in [0.25, 0.3) is 0 Å². The number of hydrogen-bond acceptors (Lipinski definition) is 3. The third kappa shape index (κ3) is 3.40. The number of ether oxygens (including phenoxy) is 1. The topological polar surface area (TPSA) is 21.3 Å². The lowest BCUT2D eigenvalue weighted by atomic mass is 10.3. The fourth-order valence-electron chi connectivity index (χ4n) is 1.65. The van der Waals surface area contributed by atoms with E-state index in [0.717, 1.165) is 18.0 Å². The molecular weight excluding hydrogens is 266 g/mol. The Bertz CT molecular complexity index is 524. The predicted molar refractivity (Wildman–Crippen MR) is 79.0 cm³/mol. The van der Waals surface area contributed by atoms with Crippen molar-refractivity contribution in [3.63, 3.8) is 0 Å². The Morgan fingerprint density at radius 1 is 1.28 bits per heavy atom. The SMILES string of the molecule is CCOc1ccc(NCc2ccc(C)s2)cc1Cl. The summed E-state index contributed by atoms with van der Waals surface area (Å²) in [6, 6.07) is 10.0. The molecule has 18 heavy (non-hydrogen) atoms. The molecule has 1 aromatic heterocycles. The quantitative estimate of drug-likeness (QED) is 0.856. The van der Waals surface area contributed by atoms with Gasteiger partial charge in [-0.2, -0.15) is 0 Å². The van der Waals surface area contributed by atoms with Crippen LogP contribution in [-0.2, 0) is 6.54 Å². The van der Waals surface area contributed by atoms with E-state index in [0.29, 0.717) is 11.6 Å². The van der Waals surface area contributed by atoms with Gasteiger partial charge in [0.2, 0.25) is 0 Å². The molecule has 0 aliphatic rings. The Labute approximate surface area is 117 Å². The van der Waals surface area contributed by atoms with Crippen LogP contribution in [0.5, 0.6) is 5.75 Å². The summed E-state index contributed by atoms with van der Waals surface area (Å²) in [5, 5.41) is 4.00. The zero-order valence-corrected chi connectivity index (χ0v) is 12.1. The second-order valence-corrected chi connectivity index (χ2v) is 5.72. The van der Waals surface area contributed by atoms with Crippen molar-refractivity contribution >= 4 is 28.6 Å². The van der Waals surface area contributed by atoms with Crippen LogP contribution >= 0.6 is 22.9 Å². The maximum absolute atomic E-state index is 6.13. The van der Waals surface area contributed by atoms with Crippen molar-refractivity contribution in [1.29, 1.82) is 0 Å². The van der Waals surface area contributed by atoms with Crippen molar-refractivity contribution < 1.29 is 4.74 Å². The highest BCUT2D eigenvalue weighted by Crippen LogP contribution is 2.28. The van der Waals surface area contributed by atoms with E-state index in [9.17, 15) is 0 Å². The molecule has 96 valence electrons. The number of hydrogen-bond donors (Lipinski definition) is 1. The molecule has 4 heteroatoms. The van der Waals surface area contributed by atoms with Gasteiger partial charge in [-0.1, -0.05) is 11.6 Å². The molecule has 0 fully saturated rings. The first kappa shape index (κ1) is 13.2. The van der Waals surface area contributed by atoms with Crippen LogP contribution in [0.15, 0.2) is 30.3 Å². The number of aryl methyl sites for hydroxylation is 1. The van der Waals surface area contributed by atoms with Crippen molar-refractivity contribution in [2.75, 3.05) is 11.9 Å². The van der Waals surface area contributed by atoms with Gasteiger partial charge >= 0.3 is 0 Å². The second-order valence-electron chi connectivity index (χ2n) is 3.94. The van der Waals surface area contributed by atoms with Crippen molar-refractivity contribution in [2.24, 2.45) is 0 Å². The second kappa shape index (κ2) is 6.12. The van der Waals surface area contributed by atoms with Gasteiger partial charge in [-0.15, -0.1) is 11.3 Å². The smallest absolute Gasteiger partial charge is 0.138 e. The zero-order valence-electron chi connectivity index (χ0n) is 10.5. The van der Waals surface area contributed by atoms with Crippen LogP contribution in [0.2, 0.25) is 5.02 Å². The van der Waals surface area contributed by atoms with E-state index >= 15 is 0 Å². The summed E-state index contributed by atoms with van der Waals surface area (Å²) in [6.07, 6.45) is 0. The van der Waals surface area contributed by atoms with Gasteiger partial charge in [0.15, 0.2) is 0 Å². The van der Waals surface area contributed by atoms with Crippen molar-refractivity contribution in [3.05, 3.63) is 45.1 Å². The lowest BCUT2D eigenvalue weighted by Crippen LogP contribution is -1.98. The summed E-state index contributed by atoms with van der Waals surface area (Å²) in [5.74, 6) is 0.733. The Balaban J connectivity index is 1.99. The van der Waals surface area contributed by atoms with E-state index in [2.05, 4.69) is 24.4 Å². The van der Waals surface area contributed by atoms with Crippen molar-refractivity contribution in [1.82, 2.24) is 0 Å². The molecule has 0 aliphatic carbocycles. The van der Waals surface area contributed by atoms with Gasteiger partial charge in [0, 0.05) is 22.0 Å². The fourth-order valence-corrected chi connectivity index (χ4v) is 2.72. The maximum atomic E-state index is 6.13. The lowest BCUT2D eigenvalue weighted by Gasteiger charge is -2.09. The molecule has 2 nitrogen and oxygen atoms in total. The molecule has 0 amide bonds. The van der Waals surface area contributed by atoms with Crippen LogP contribution in [0.1, 0.15) is 16.7 Å². The Hall–Kier alpha value is -1.19. The fraction of sp³-hybridized carbons (Fsp3) is 0.286. The standard InChI is InChI=1S/C14H16ClNOS/c1-3-17-14-7-5-11(8-13(14)15)16-9-12-6-4-10(2)18-12/h4-8,16H,3,9H2,1-2H3. The third-order valence-corrected chi connectivity index (χ3v) is 3.79. The van der Waals surface area contributed by atoms with Gasteiger partial charge in [-0.05, 0) is 44.2 Å². The molecule has 0 aliphatic heterocycles. The molecule has 1 N–H and O–H groups in total. The molecule has 0 unspecified atom stereocenters. The Morgan fingerprint density at radius 2 is 2.11 bits per heavy atom. The minimum atomic E-state index is 0.626. The van der Waals surface area contributed by atoms with Gasteiger partial charge < -0.3 is 10.1 Å². The predicted octanol–water partition coefficient (Wildman–Crippen LogP) is 4.72. The lowest BCUT2D eigenvalue weighted by molar-refractivity contribution is 0.340. The first-order chi connectivity index (χ1) is 8.69. The zero-order chi connectivity index (χ0) is 13.0. The van der Waals surface area contributed by atoms with Crippen molar-refractivity contribution in [3.8, 4) is 5.75 Å². The maximum Gasteiger partial charge on any atom is 0.138 e. The van der Waals surface area contributed by atoms with Gasteiger partial charge in [0.05, 0.1) is 11.6 Å². The van der Waals surface area contributed by atoms with Crippen LogP contribution in [0.3, 0.4) is 0 Å². The monoisotopic (exact) mass is 281 g/mol. The van der Waals surface area contributed by atoms with Gasteiger partial charge in [0.1, 0.15) is 5.75 Å². The number of halogens is 1. The van der Waals surface area contributed by atoms with E-state index in [-0.39, 0.29) is 0 Å². The molecule has 0 saturated carbocycles. The number of benzene rings is 1. The number of thiophene rings is 1. The average molecular weight is 282 g/mol. The summed E-state index contributed by atoms with van der Waals surface area (Å²) in [4.78, 5) is 2.65. The Kier molecular flexibility index (Phi) is 4.50. The molecule has 1 aromatic carbocycles. The molecule has 0 spiro atoms. The van der Waals surface area contributed by atoms with E-state index < -0.39 is 0 Å². The van der Waals surface area contributed by atoms with Gasteiger partial charge in [-0.3, -0.25) is 0 Å². The molecule has 0 atom stereocenters. The van der Waals surface area contributed by atoms with E-state index in [1.54, 1.807) is 11.3 Å². The van der Waals surface area contributed by atoms with Gasteiger partial charge in [-0.25, -0.2) is 0 Å². The van der Waals surface area contributed by atoms with Crippen LogP contribution in [-0.4, -0.2) is 6.61 Å². The van der Waals surface area contributed by atoms with Crippen LogP contribution in [0.4, 0.5) is 5.69 Å². The van der Waals surface area contributed by atoms with E-state index in [1.165, 1.54) is 9.75 Å². The van der Waals surface area contributed by atoms with Crippen LogP contribution in [0.25, 0.3) is 0 Å². The molecule has 0 saturated heterocycles. The first-order valence-corrected chi connectivity index (χ1v) is 7.10. The minimum absolute atomic E-state index is 0.626. The van der Waals surface area contributed by atoms with Crippen LogP contribution in [0, 0.1) is 6.92 Å². The molecule has 1 heterocycles. The number of rotatable bonds is 5. The van der Waals surface area contributed by atoms with Crippen molar-refractivity contribution in [2.45, 2.75) is 20.4 Å². The summed E-state index contributed by atoms with van der Waals surface area (Å²) in [7, 11) is 0. The molecule has 2 rings (SSSR count). The summed E-state index contributed by atoms with van der Waals surface area (Å²) >= 11 is 7.93. The molecule has 0 bridgehead atoms. The molecule has 2 aromatic rings. The number of nitrogens with one attached hydrogen (secondary N) is 1. The minimum Gasteiger partial charge on any atom is -0.492 e. The third-order valence-electron chi connectivity index (χ3n) is 2.49. The highest BCUT2D eigenvalue weighted by Gasteiger charge is 2.03. The largest absolute Gasteiger partial charge is 0.492 e. The highest BCUT2D eigenvalue weighted by molar-refractivity contribution is 7.11. The molecule has 0 radical (unpaired) electrons. The Morgan fingerprint density at radius 3 is 2.72 bits per heavy atom. The number of anilines is 1. The summed E-state index contributed by atoms with van der Waals surface area (Å²) in [6.45, 7) is 5.51. The normalized spacial score (nSPS) is 10.4. The average Bonchev–Trinajstić information content (AvgIpc) is 2.76. The molecular formula is C14H16ClNOS. The van der Waals surface area contributed by atoms with E-state index in [1.807, 2.05) is 25.1 Å². The van der Waals surface area contributed by atoms with E-state index in [4.69, 9.17) is 16.3 Å². The highest BCUT2D eigenvalue weighted by atomic mass is 35.5. The first-order valence-electron chi connectivity index (χ1n) is 5.90. The van der Waals surface area contributed by atoms with Crippen LogP contribution < -0.4 is 10.1 Å². The summed E-state index contributed by atoms with van der Waals surface area (Å²) < 4.78 is 5.40. The summed E-state index contributed by atoms with van der Waals surface area (Å²) in [5.41, 5.74) is 1.01.